The van der Waals surface area contributed by atoms with Crippen molar-refractivity contribution in [3.8, 4) is 11.5 Å². The van der Waals surface area contributed by atoms with Crippen LogP contribution in [0.1, 0.15) is 10.5 Å². The Labute approximate surface area is 155 Å². The molecule has 0 radical (unpaired) electrons. The highest BCUT2D eigenvalue weighted by Crippen LogP contribution is 2.30. The van der Waals surface area contributed by atoms with Crippen LogP contribution < -0.4 is 10.1 Å². The van der Waals surface area contributed by atoms with Crippen LogP contribution in [0.3, 0.4) is 0 Å². The first kappa shape index (κ1) is 17.5. The van der Waals surface area contributed by atoms with E-state index in [-0.39, 0.29) is 22.8 Å². The van der Waals surface area contributed by atoms with E-state index in [9.17, 15) is 14.9 Å². The number of halogens is 1. The lowest BCUT2D eigenvalue weighted by atomic mass is 10.2. The normalized spacial score (nSPS) is 10.4. The number of nitro benzene ring substituents is 1. The molecule has 0 unspecified atom stereocenters. The standard InChI is InChI=1S/C16H12BrN5O4/c1-21-9-14(17)15(20-21)16(23)19-10-5-11(22(24)25)7-13(6-10)26-12-3-2-4-18-8-12/h2-9H,1H3,(H,19,23). The van der Waals surface area contributed by atoms with Crippen molar-refractivity contribution >= 4 is 33.2 Å². The summed E-state index contributed by atoms with van der Waals surface area (Å²) in [5.41, 5.74) is 0.149. The number of carbonyl (C=O) groups is 1. The van der Waals surface area contributed by atoms with Crippen molar-refractivity contribution in [3.05, 3.63) is 69.2 Å². The molecule has 0 aliphatic rings. The molecular formula is C16H12BrN5O4. The maximum Gasteiger partial charge on any atom is 0.277 e. The molecule has 0 aliphatic heterocycles. The number of carbonyl (C=O) groups excluding carboxylic acids is 1. The van der Waals surface area contributed by atoms with Gasteiger partial charge in [0, 0.05) is 31.6 Å². The Morgan fingerprint density at radius 1 is 1.35 bits per heavy atom. The molecule has 0 saturated heterocycles. The summed E-state index contributed by atoms with van der Waals surface area (Å²) >= 11 is 3.24. The third-order valence-electron chi connectivity index (χ3n) is 3.23. The number of benzene rings is 1. The van der Waals surface area contributed by atoms with Crippen LogP contribution in [0.2, 0.25) is 0 Å². The van der Waals surface area contributed by atoms with Crippen LogP contribution in [-0.4, -0.2) is 25.6 Å². The fraction of sp³-hybridized carbons (Fsp3) is 0.0625. The lowest BCUT2D eigenvalue weighted by molar-refractivity contribution is -0.384. The maximum atomic E-state index is 12.4. The van der Waals surface area contributed by atoms with Crippen molar-refractivity contribution in [3.63, 3.8) is 0 Å². The molecule has 0 fully saturated rings. The smallest absolute Gasteiger partial charge is 0.277 e. The van der Waals surface area contributed by atoms with Crippen molar-refractivity contribution in [2.45, 2.75) is 0 Å². The molecule has 10 heteroatoms. The Morgan fingerprint density at radius 3 is 2.77 bits per heavy atom. The molecule has 2 aromatic heterocycles. The van der Waals surface area contributed by atoms with Gasteiger partial charge in [0.15, 0.2) is 5.69 Å². The number of nitro groups is 1. The molecule has 3 rings (SSSR count). The Balaban J connectivity index is 1.89. The van der Waals surface area contributed by atoms with Gasteiger partial charge in [0.25, 0.3) is 11.6 Å². The summed E-state index contributed by atoms with van der Waals surface area (Å²) in [7, 11) is 1.68. The number of hydrogen-bond donors (Lipinski definition) is 1. The number of nitrogens with one attached hydrogen (secondary N) is 1. The number of nitrogens with zero attached hydrogens (tertiary/aromatic N) is 4. The average molecular weight is 418 g/mol. The number of aryl methyl sites for hydroxylation is 1. The van der Waals surface area contributed by atoms with Gasteiger partial charge in [-0.1, -0.05) is 0 Å². The van der Waals surface area contributed by atoms with Crippen LogP contribution in [0, 0.1) is 10.1 Å². The van der Waals surface area contributed by atoms with Crippen LogP contribution in [0.4, 0.5) is 11.4 Å². The SMILES string of the molecule is Cn1cc(Br)c(C(=O)Nc2cc(Oc3cccnc3)cc([N+](=O)[O-])c2)n1. The third kappa shape index (κ3) is 4.03. The van der Waals surface area contributed by atoms with Gasteiger partial charge in [-0.15, -0.1) is 0 Å². The first-order valence-electron chi connectivity index (χ1n) is 7.30. The summed E-state index contributed by atoms with van der Waals surface area (Å²) in [4.78, 5) is 26.9. The summed E-state index contributed by atoms with van der Waals surface area (Å²) in [6.45, 7) is 0. The van der Waals surface area contributed by atoms with Crippen LogP contribution >= 0.6 is 15.9 Å². The maximum absolute atomic E-state index is 12.4. The largest absolute Gasteiger partial charge is 0.455 e. The Bertz CT molecular complexity index is 974. The Morgan fingerprint density at radius 2 is 2.15 bits per heavy atom. The van der Waals surface area contributed by atoms with Gasteiger partial charge in [0.1, 0.15) is 11.5 Å². The molecule has 1 amide bonds. The van der Waals surface area contributed by atoms with Gasteiger partial charge in [-0.05, 0) is 28.1 Å². The van der Waals surface area contributed by atoms with Crippen molar-refractivity contribution in [2.75, 3.05) is 5.32 Å². The van der Waals surface area contributed by atoms with Crippen LogP contribution in [-0.2, 0) is 7.05 Å². The fourth-order valence-electron chi connectivity index (χ4n) is 2.17. The number of ether oxygens (including phenoxy) is 1. The van der Waals surface area contributed by atoms with Crippen molar-refractivity contribution in [1.82, 2.24) is 14.8 Å². The van der Waals surface area contributed by atoms with Crippen LogP contribution in [0.5, 0.6) is 11.5 Å². The van der Waals surface area contributed by atoms with E-state index in [0.29, 0.717) is 10.2 Å². The highest BCUT2D eigenvalue weighted by molar-refractivity contribution is 9.10. The van der Waals surface area contributed by atoms with E-state index in [1.807, 2.05) is 0 Å². The number of anilines is 1. The van der Waals surface area contributed by atoms with E-state index in [0.717, 1.165) is 0 Å². The van der Waals surface area contributed by atoms with Crippen LogP contribution in [0.15, 0.2) is 53.4 Å². The van der Waals surface area contributed by atoms with Gasteiger partial charge in [-0.2, -0.15) is 5.10 Å². The molecule has 132 valence electrons. The quantitative estimate of drug-likeness (QED) is 0.501. The van der Waals surface area contributed by atoms with Gasteiger partial charge in [-0.3, -0.25) is 24.6 Å². The number of pyridine rings is 1. The minimum absolute atomic E-state index is 0.161. The molecule has 0 saturated carbocycles. The minimum Gasteiger partial charge on any atom is -0.455 e. The third-order valence-corrected chi connectivity index (χ3v) is 3.81. The predicted octanol–water partition coefficient (Wildman–Crippen LogP) is 3.53. The lowest BCUT2D eigenvalue weighted by Gasteiger charge is -2.08. The van der Waals surface area contributed by atoms with E-state index < -0.39 is 10.8 Å². The second-order valence-corrected chi connectivity index (χ2v) is 6.07. The second-order valence-electron chi connectivity index (χ2n) is 5.22. The van der Waals surface area contributed by atoms with Gasteiger partial charge < -0.3 is 10.1 Å². The van der Waals surface area contributed by atoms with E-state index in [4.69, 9.17) is 4.74 Å². The molecule has 2 heterocycles. The van der Waals surface area contributed by atoms with Crippen molar-refractivity contribution < 1.29 is 14.5 Å². The fourth-order valence-corrected chi connectivity index (χ4v) is 2.72. The molecule has 1 N–H and O–H groups in total. The summed E-state index contributed by atoms with van der Waals surface area (Å²) in [6.07, 6.45) is 4.68. The van der Waals surface area contributed by atoms with Gasteiger partial charge in [0.05, 0.1) is 27.3 Å². The van der Waals surface area contributed by atoms with Crippen molar-refractivity contribution in [2.24, 2.45) is 7.05 Å². The highest BCUT2D eigenvalue weighted by atomic mass is 79.9. The zero-order valence-electron chi connectivity index (χ0n) is 13.4. The van der Waals surface area contributed by atoms with E-state index in [1.165, 1.54) is 29.1 Å². The molecular weight excluding hydrogens is 406 g/mol. The Hall–Kier alpha value is -3.27. The number of non-ortho nitro benzene ring substituents is 1. The number of rotatable bonds is 5. The van der Waals surface area contributed by atoms with E-state index in [1.54, 1.807) is 31.6 Å². The summed E-state index contributed by atoms with van der Waals surface area (Å²) in [5.74, 6) is 0.102. The lowest BCUT2D eigenvalue weighted by Crippen LogP contribution is -2.13. The molecule has 0 bridgehead atoms. The topological polar surface area (TPSA) is 112 Å². The molecule has 0 aliphatic carbocycles. The molecule has 3 aromatic rings. The monoisotopic (exact) mass is 417 g/mol. The first-order chi connectivity index (χ1) is 12.4. The predicted molar refractivity (Wildman–Crippen MR) is 96.3 cm³/mol. The zero-order valence-corrected chi connectivity index (χ0v) is 15.0. The van der Waals surface area contributed by atoms with Gasteiger partial charge >= 0.3 is 0 Å². The summed E-state index contributed by atoms with van der Waals surface area (Å²) in [6, 6.07) is 7.32. The average Bonchev–Trinajstić information content (AvgIpc) is 2.94. The number of hydrogen-bond acceptors (Lipinski definition) is 6. The van der Waals surface area contributed by atoms with E-state index in [2.05, 4.69) is 31.3 Å². The Kier molecular flexibility index (Phi) is 4.94. The minimum atomic E-state index is -0.567. The molecule has 1 aromatic carbocycles. The van der Waals surface area contributed by atoms with Crippen LogP contribution in [0.25, 0.3) is 0 Å². The molecule has 0 atom stereocenters. The highest BCUT2D eigenvalue weighted by Gasteiger charge is 2.17. The zero-order chi connectivity index (χ0) is 18.7. The number of aromatic nitrogens is 3. The first-order valence-corrected chi connectivity index (χ1v) is 8.09. The molecule has 26 heavy (non-hydrogen) atoms. The van der Waals surface area contributed by atoms with Gasteiger partial charge in [-0.25, -0.2) is 0 Å². The molecule has 9 nitrogen and oxygen atoms in total. The summed E-state index contributed by atoms with van der Waals surface area (Å²) < 4.78 is 7.56. The van der Waals surface area contributed by atoms with Gasteiger partial charge in [0.2, 0.25) is 0 Å². The molecule has 0 spiro atoms. The second kappa shape index (κ2) is 7.31. The summed E-state index contributed by atoms with van der Waals surface area (Å²) in [5, 5.41) is 17.8. The van der Waals surface area contributed by atoms with Crippen molar-refractivity contribution in [1.29, 1.82) is 0 Å². The van der Waals surface area contributed by atoms with E-state index >= 15 is 0 Å². The number of amides is 1.